The smallest absolute Gasteiger partial charge is 0.119 e. The first kappa shape index (κ1) is 13.1. The summed E-state index contributed by atoms with van der Waals surface area (Å²) in [7, 11) is 1.64. The molecule has 1 aromatic carbocycles. The van der Waals surface area contributed by atoms with Crippen LogP contribution in [0.1, 0.15) is 17.2 Å². The van der Waals surface area contributed by atoms with Crippen LogP contribution in [-0.2, 0) is 6.54 Å². The number of aliphatic hydroxyl groups excluding tert-OH is 1. The average molecular weight is 263 g/mol. The van der Waals surface area contributed by atoms with E-state index < -0.39 is 0 Å². The largest absolute Gasteiger partial charge is 0.497 e. The van der Waals surface area contributed by atoms with Gasteiger partial charge in [0.15, 0.2) is 0 Å². The van der Waals surface area contributed by atoms with Crippen molar-refractivity contribution in [1.82, 2.24) is 5.32 Å². The normalized spacial score (nSPS) is 12.3. The zero-order valence-electron chi connectivity index (χ0n) is 10.3. The van der Waals surface area contributed by atoms with E-state index in [-0.39, 0.29) is 12.6 Å². The fraction of sp³-hybridized carbons (Fsp3) is 0.286. The molecule has 0 radical (unpaired) electrons. The van der Waals surface area contributed by atoms with Crippen molar-refractivity contribution in [3.63, 3.8) is 0 Å². The summed E-state index contributed by atoms with van der Waals surface area (Å²) in [5.41, 5.74) is 2.27. The maximum atomic E-state index is 9.47. The molecule has 1 unspecified atom stereocenters. The molecule has 0 saturated carbocycles. The highest BCUT2D eigenvalue weighted by molar-refractivity contribution is 7.07. The van der Waals surface area contributed by atoms with E-state index in [0.29, 0.717) is 0 Å². The SMILES string of the molecule is COc1cccc(C(CO)NCc2ccsc2)c1. The lowest BCUT2D eigenvalue weighted by atomic mass is 10.1. The number of benzene rings is 1. The molecule has 0 amide bonds. The Labute approximate surface area is 111 Å². The van der Waals surface area contributed by atoms with Crippen LogP contribution in [0.25, 0.3) is 0 Å². The molecule has 2 aromatic rings. The topological polar surface area (TPSA) is 41.5 Å². The van der Waals surface area contributed by atoms with Gasteiger partial charge < -0.3 is 15.2 Å². The fourth-order valence-electron chi connectivity index (χ4n) is 1.78. The van der Waals surface area contributed by atoms with E-state index in [0.717, 1.165) is 17.9 Å². The summed E-state index contributed by atoms with van der Waals surface area (Å²) in [5, 5.41) is 17.0. The third kappa shape index (κ3) is 3.32. The predicted octanol–water partition coefficient (Wildman–Crippen LogP) is 2.58. The van der Waals surface area contributed by atoms with E-state index in [1.807, 2.05) is 24.3 Å². The standard InChI is InChI=1S/C14H17NO2S/c1-17-13-4-2-3-12(7-13)14(9-16)15-8-11-5-6-18-10-11/h2-7,10,14-16H,8-9H2,1H3. The van der Waals surface area contributed by atoms with Gasteiger partial charge in [0.2, 0.25) is 0 Å². The highest BCUT2D eigenvalue weighted by Crippen LogP contribution is 2.19. The minimum atomic E-state index is -0.0694. The van der Waals surface area contributed by atoms with Crippen LogP contribution in [0.4, 0.5) is 0 Å². The minimum Gasteiger partial charge on any atom is -0.497 e. The monoisotopic (exact) mass is 263 g/mol. The third-order valence-electron chi connectivity index (χ3n) is 2.81. The number of ether oxygens (including phenoxy) is 1. The maximum Gasteiger partial charge on any atom is 0.119 e. The van der Waals surface area contributed by atoms with Gasteiger partial charge in [0.1, 0.15) is 5.75 Å². The van der Waals surface area contributed by atoms with Crippen molar-refractivity contribution in [2.24, 2.45) is 0 Å². The van der Waals surface area contributed by atoms with Gasteiger partial charge in [0.05, 0.1) is 19.8 Å². The quantitative estimate of drug-likeness (QED) is 0.841. The molecule has 1 atom stereocenters. The van der Waals surface area contributed by atoms with E-state index >= 15 is 0 Å². The van der Waals surface area contributed by atoms with Crippen molar-refractivity contribution in [1.29, 1.82) is 0 Å². The highest BCUT2D eigenvalue weighted by atomic mass is 32.1. The summed E-state index contributed by atoms with van der Waals surface area (Å²) in [6, 6.07) is 9.78. The molecule has 18 heavy (non-hydrogen) atoms. The van der Waals surface area contributed by atoms with Crippen molar-refractivity contribution in [3.05, 3.63) is 52.2 Å². The van der Waals surface area contributed by atoms with Crippen LogP contribution in [0.5, 0.6) is 5.75 Å². The molecule has 0 saturated heterocycles. The Hall–Kier alpha value is -1.36. The predicted molar refractivity (Wildman–Crippen MR) is 74.0 cm³/mol. The van der Waals surface area contributed by atoms with Crippen molar-refractivity contribution < 1.29 is 9.84 Å². The van der Waals surface area contributed by atoms with Gasteiger partial charge in [-0.05, 0) is 40.1 Å². The summed E-state index contributed by atoms with van der Waals surface area (Å²) in [6.07, 6.45) is 0. The van der Waals surface area contributed by atoms with Crippen molar-refractivity contribution >= 4 is 11.3 Å². The molecule has 1 heterocycles. The molecular weight excluding hydrogens is 246 g/mol. The van der Waals surface area contributed by atoms with Crippen molar-refractivity contribution in [2.45, 2.75) is 12.6 Å². The average Bonchev–Trinajstić information content (AvgIpc) is 2.93. The Balaban J connectivity index is 2.03. The van der Waals surface area contributed by atoms with Crippen LogP contribution in [0.2, 0.25) is 0 Å². The molecule has 0 aliphatic carbocycles. The van der Waals surface area contributed by atoms with Crippen LogP contribution < -0.4 is 10.1 Å². The summed E-state index contributed by atoms with van der Waals surface area (Å²) in [5.74, 6) is 0.809. The van der Waals surface area contributed by atoms with Gasteiger partial charge in [-0.15, -0.1) is 0 Å². The molecule has 0 aliphatic rings. The first-order chi connectivity index (χ1) is 8.83. The van der Waals surface area contributed by atoms with Gasteiger partial charge in [-0.1, -0.05) is 12.1 Å². The summed E-state index contributed by atoms with van der Waals surface area (Å²) in [4.78, 5) is 0. The second-order valence-electron chi connectivity index (χ2n) is 4.02. The van der Waals surface area contributed by atoms with Crippen LogP contribution in [0.15, 0.2) is 41.1 Å². The zero-order chi connectivity index (χ0) is 12.8. The van der Waals surface area contributed by atoms with Gasteiger partial charge in [-0.2, -0.15) is 11.3 Å². The molecular formula is C14H17NO2S. The molecule has 2 N–H and O–H groups in total. The lowest BCUT2D eigenvalue weighted by molar-refractivity contribution is 0.243. The summed E-state index contributed by atoms with van der Waals surface area (Å²) >= 11 is 1.68. The number of hydrogen-bond donors (Lipinski definition) is 2. The molecule has 1 aromatic heterocycles. The fourth-order valence-corrected chi connectivity index (χ4v) is 2.45. The Bertz CT molecular complexity index is 470. The highest BCUT2D eigenvalue weighted by Gasteiger charge is 2.10. The van der Waals surface area contributed by atoms with Crippen molar-refractivity contribution in [2.75, 3.05) is 13.7 Å². The summed E-state index contributed by atoms with van der Waals surface area (Å²) in [6.45, 7) is 0.823. The maximum absolute atomic E-state index is 9.47. The molecule has 0 fully saturated rings. The number of methoxy groups -OCH3 is 1. The van der Waals surface area contributed by atoms with E-state index in [4.69, 9.17) is 4.74 Å². The number of hydrogen-bond acceptors (Lipinski definition) is 4. The van der Waals surface area contributed by atoms with E-state index in [9.17, 15) is 5.11 Å². The first-order valence-corrected chi connectivity index (χ1v) is 6.77. The van der Waals surface area contributed by atoms with Gasteiger partial charge in [-0.25, -0.2) is 0 Å². The summed E-state index contributed by atoms with van der Waals surface area (Å²) < 4.78 is 5.19. The van der Waals surface area contributed by atoms with Crippen molar-refractivity contribution in [3.8, 4) is 5.75 Å². The Morgan fingerprint density at radius 2 is 2.28 bits per heavy atom. The van der Waals surface area contributed by atoms with E-state index in [1.165, 1.54) is 5.56 Å². The van der Waals surface area contributed by atoms with Crippen LogP contribution in [-0.4, -0.2) is 18.8 Å². The van der Waals surface area contributed by atoms with Gasteiger partial charge in [-0.3, -0.25) is 0 Å². The van der Waals surface area contributed by atoms with Crippen LogP contribution >= 0.6 is 11.3 Å². The number of nitrogens with one attached hydrogen (secondary N) is 1. The molecule has 4 heteroatoms. The number of aliphatic hydroxyl groups is 1. The lowest BCUT2D eigenvalue weighted by Crippen LogP contribution is -2.23. The van der Waals surface area contributed by atoms with E-state index in [1.54, 1.807) is 18.4 Å². The minimum absolute atomic E-state index is 0.0668. The molecule has 0 bridgehead atoms. The van der Waals surface area contributed by atoms with Gasteiger partial charge >= 0.3 is 0 Å². The molecule has 96 valence electrons. The second-order valence-corrected chi connectivity index (χ2v) is 4.80. The Kier molecular flexibility index (Phi) is 4.75. The number of rotatable bonds is 6. The molecule has 3 nitrogen and oxygen atoms in total. The Morgan fingerprint density at radius 1 is 1.39 bits per heavy atom. The zero-order valence-corrected chi connectivity index (χ0v) is 11.1. The van der Waals surface area contributed by atoms with Crippen LogP contribution in [0, 0.1) is 0 Å². The lowest BCUT2D eigenvalue weighted by Gasteiger charge is -2.17. The van der Waals surface area contributed by atoms with Gasteiger partial charge in [0, 0.05) is 6.54 Å². The van der Waals surface area contributed by atoms with E-state index in [2.05, 4.69) is 22.1 Å². The molecule has 2 rings (SSSR count). The Morgan fingerprint density at radius 3 is 2.94 bits per heavy atom. The van der Waals surface area contributed by atoms with Gasteiger partial charge in [0.25, 0.3) is 0 Å². The molecule has 0 aliphatic heterocycles. The number of thiophene rings is 1. The third-order valence-corrected chi connectivity index (χ3v) is 3.54. The molecule has 0 spiro atoms. The van der Waals surface area contributed by atoms with Crippen LogP contribution in [0.3, 0.4) is 0 Å². The second kappa shape index (κ2) is 6.54. The first-order valence-electron chi connectivity index (χ1n) is 5.82.